The Kier molecular flexibility index (Phi) is 5.58. The van der Waals surface area contributed by atoms with Gasteiger partial charge in [-0.3, -0.25) is 4.79 Å². The largest absolute Gasteiger partial charge is 0.326 e. The van der Waals surface area contributed by atoms with Crippen LogP contribution in [0, 0.1) is 18.3 Å². The molecule has 2 fully saturated rings. The Morgan fingerprint density at radius 1 is 1.31 bits per heavy atom. The van der Waals surface area contributed by atoms with Gasteiger partial charge in [0.2, 0.25) is 5.91 Å². The highest BCUT2D eigenvalue weighted by atomic mass is 35.5. The summed E-state index contributed by atoms with van der Waals surface area (Å²) in [6.45, 7) is 3.65. The van der Waals surface area contributed by atoms with Crippen molar-refractivity contribution in [2.24, 2.45) is 11.3 Å². The summed E-state index contributed by atoms with van der Waals surface area (Å²) in [5.41, 5.74) is 2.47. The van der Waals surface area contributed by atoms with Gasteiger partial charge in [-0.2, -0.15) is 0 Å². The van der Waals surface area contributed by atoms with Crippen LogP contribution in [0.4, 0.5) is 5.69 Å². The van der Waals surface area contributed by atoms with E-state index in [4.69, 9.17) is 0 Å². The number of aromatic nitrogens is 2. The van der Waals surface area contributed by atoms with Crippen LogP contribution < -0.4 is 10.6 Å². The van der Waals surface area contributed by atoms with E-state index in [0.717, 1.165) is 55.1 Å². The highest BCUT2D eigenvalue weighted by Gasteiger charge is 2.49. The van der Waals surface area contributed by atoms with Crippen LogP contribution in [0.25, 0.3) is 11.3 Å². The summed E-state index contributed by atoms with van der Waals surface area (Å²) in [7, 11) is 0. The van der Waals surface area contributed by atoms with Crippen LogP contribution in [-0.4, -0.2) is 29.0 Å². The second-order valence-electron chi connectivity index (χ2n) is 7.25. The second-order valence-corrected chi connectivity index (χ2v) is 7.25. The maximum Gasteiger partial charge on any atom is 0.232 e. The lowest BCUT2D eigenvalue weighted by molar-refractivity contribution is -0.128. The van der Waals surface area contributed by atoms with Crippen molar-refractivity contribution in [1.82, 2.24) is 15.3 Å². The first kappa shape index (κ1) is 18.8. The van der Waals surface area contributed by atoms with E-state index >= 15 is 0 Å². The summed E-state index contributed by atoms with van der Waals surface area (Å²) < 4.78 is 0. The van der Waals surface area contributed by atoms with E-state index in [2.05, 4.69) is 20.6 Å². The van der Waals surface area contributed by atoms with E-state index in [1.54, 1.807) is 6.20 Å². The number of rotatable bonds is 3. The van der Waals surface area contributed by atoms with Crippen molar-refractivity contribution in [1.29, 1.82) is 0 Å². The fourth-order valence-corrected chi connectivity index (χ4v) is 4.32. The number of halogens is 1. The average Bonchev–Trinajstić information content (AvgIpc) is 3.07. The molecule has 2 heterocycles. The second kappa shape index (κ2) is 7.72. The maximum absolute atomic E-state index is 13.1. The van der Waals surface area contributed by atoms with E-state index in [1.165, 1.54) is 6.42 Å². The number of nitrogens with zero attached hydrogens (tertiary/aromatic N) is 2. The Morgan fingerprint density at radius 2 is 2.19 bits per heavy atom. The molecule has 2 N–H and O–H groups in total. The van der Waals surface area contributed by atoms with Crippen molar-refractivity contribution in [3.8, 4) is 11.3 Å². The molecule has 1 aromatic heterocycles. The minimum Gasteiger partial charge on any atom is -0.326 e. The molecule has 0 spiro atoms. The summed E-state index contributed by atoms with van der Waals surface area (Å²) in [6.07, 6.45) is 6.29. The number of hydrogen-bond acceptors (Lipinski definition) is 4. The third-order valence-electron chi connectivity index (χ3n) is 5.68. The molecule has 1 amide bonds. The fourth-order valence-electron chi connectivity index (χ4n) is 4.32. The van der Waals surface area contributed by atoms with Crippen LogP contribution >= 0.6 is 12.4 Å². The first-order valence-corrected chi connectivity index (χ1v) is 9.10. The quantitative estimate of drug-likeness (QED) is 0.864. The zero-order valence-electron chi connectivity index (χ0n) is 15.0. The zero-order chi connectivity index (χ0) is 17.3. The molecule has 26 heavy (non-hydrogen) atoms. The number of anilines is 1. The smallest absolute Gasteiger partial charge is 0.232 e. The number of aryl methyl sites for hydroxylation is 1. The van der Waals surface area contributed by atoms with Crippen molar-refractivity contribution in [2.75, 3.05) is 18.4 Å². The Bertz CT molecular complexity index is 797. The molecule has 4 rings (SSSR count). The molecule has 1 aliphatic heterocycles. The molecule has 2 aliphatic rings. The molecule has 6 heteroatoms. The first-order valence-electron chi connectivity index (χ1n) is 9.10. The van der Waals surface area contributed by atoms with Gasteiger partial charge >= 0.3 is 0 Å². The van der Waals surface area contributed by atoms with Crippen LogP contribution in [0.3, 0.4) is 0 Å². The molecule has 2 aromatic rings. The Hall–Kier alpha value is -1.98. The molecule has 0 radical (unpaired) electrons. The topological polar surface area (TPSA) is 66.9 Å². The first-order chi connectivity index (χ1) is 12.2. The van der Waals surface area contributed by atoms with E-state index in [9.17, 15) is 4.79 Å². The predicted molar refractivity (Wildman–Crippen MR) is 105 cm³/mol. The van der Waals surface area contributed by atoms with Crippen LogP contribution in [0.1, 0.15) is 31.5 Å². The molecule has 2 atom stereocenters. The van der Waals surface area contributed by atoms with Crippen molar-refractivity contribution < 1.29 is 4.79 Å². The summed E-state index contributed by atoms with van der Waals surface area (Å²) in [4.78, 5) is 21.7. The van der Waals surface area contributed by atoms with Crippen molar-refractivity contribution in [3.05, 3.63) is 42.4 Å². The van der Waals surface area contributed by atoms with Crippen molar-refractivity contribution in [3.63, 3.8) is 0 Å². The minimum absolute atomic E-state index is 0. The highest BCUT2D eigenvalue weighted by molar-refractivity contribution is 5.96. The fraction of sp³-hybridized carbons (Fsp3) is 0.450. The molecular weight excluding hydrogens is 348 g/mol. The lowest BCUT2D eigenvalue weighted by Gasteiger charge is -2.37. The average molecular weight is 373 g/mol. The zero-order valence-corrected chi connectivity index (χ0v) is 15.8. The molecule has 1 aromatic carbocycles. The van der Waals surface area contributed by atoms with Crippen molar-refractivity contribution >= 4 is 24.0 Å². The highest BCUT2D eigenvalue weighted by Crippen LogP contribution is 2.44. The number of amides is 1. The lowest BCUT2D eigenvalue weighted by Crippen LogP contribution is -2.44. The van der Waals surface area contributed by atoms with Crippen molar-refractivity contribution in [2.45, 2.75) is 32.6 Å². The van der Waals surface area contributed by atoms with Crippen LogP contribution in [0.5, 0.6) is 0 Å². The molecule has 1 saturated carbocycles. The monoisotopic (exact) mass is 372 g/mol. The summed E-state index contributed by atoms with van der Waals surface area (Å²) >= 11 is 0. The number of carbonyl (C=O) groups excluding carboxylic acids is 1. The third kappa shape index (κ3) is 3.46. The van der Waals surface area contributed by atoms with Gasteiger partial charge in [-0.15, -0.1) is 12.4 Å². The Labute approximate surface area is 160 Å². The number of benzene rings is 1. The summed E-state index contributed by atoms with van der Waals surface area (Å²) in [5, 5.41) is 6.61. The summed E-state index contributed by atoms with van der Waals surface area (Å²) in [6, 6.07) is 9.81. The van der Waals surface area contributed by atoms with E-state index in [0.29, 0.717) is 5.92 Å². The summed E-state index contributed by atoms with van der Waals surface area (Å²) in [5.74, 6) is 1.38. The molecule has 138 valence electrons. The van der Waals surface area contributed by atoms with E-state index in [-0.39, 0.29) is 23.7 Å². The van der Waals surface area contributed by atoms with Gasteiger partial charge in [-0.05, 0) is 50.4 Å². The normalized spacial score (nSPS) is 24.4. The van der Waals surface area contributed by atoms with Gasteiger partial charge < -0.3 is 10.6 Å². The number of carbonyl (C=O) groups is 1. The van der Waals surface area contributed by atoms with Gasteiger partial charge in [-0.25, -0.2) is 9.97 Å². The Morgan fingerprint density at radius 3 is 3.04 bits per heavy atom. The SMILES string of the molecule is Cc1nccc(-c2cccc(NC(=O)[C@@]34CCCC[C@H]3CNC4)c2)n1.Cl. The molecule has 5 nitrogen and oxygen atoms in total. The van der Waals surface area contributed by atoms with Gasteiger partial charge in [0.05, 0.1) is 11.1 Å². The van der Waals surface area contributed by atoms with Crippen LogP contribution in [-0.2, 0) is 4.79 Å². The van der Waals surface area contributed by atoms with E-state index < -0.39 is 0 Å². The number of nitrogens with one attached hydrogen (secondary N) is 2. The van der Waals surface area contributed by atoms with E-state index in [1.807, 2.05) is 37.3 Å². The van der Waals surface area contributed by atoms with Gasteiger partial charge in [-0.1, -0.05) is 25.0 Å². The minimum atomic E-state index is -0.236. The van der Waals surface area contributed by atoms with Crippen LogP contribution in [0.2, 0.25) is 0 Å². The third-order valence-corrected chi connectivity index (χ3v) is 5.68. The maximum atomic E-state index is 13.1. The standard InChI is InChI=1S/C20H24N4O.ClH/c1-14-22-10-8-18(23-14)15-5-4-7-17(11-15)24-19(25)20-9-3-2-6-16(20)12-21-13-20;/h4-5,7-8,10-11,16,21H,2-3,6,9,12-13H2,1H3,(H,24,25);1H/t16-,20+;/m0./s1. The van der Waals surface area contributed by atoms with Gasteiger partial charge in [0.15, 0.2) is 0 Å². The molecule has 1 aliphatic carbocycles. The molecule has 0 bridgehead atoms. The molecular formula is C20H25ClN4O. The molecule has 0 unspecified atom stereocenters. The van der Waals surface area contributed by atoms with Crippen LogP contribution in [0.15, 0.2) is 36.5 Å². The van der Waals surface area contributed by atoms with Gasteiger partial charge in [0.25, 0.3) is 0 Å². The lowest BCUT2D eigenvalue weighted by atomic mass is 9.67. The number of fused-ring (bicyclic) bond motifs is 1. The van der Waals surface area contributed by atoms with Gasteiger partial charge in [0.1, 0.15) is 5.82 Å². The Balaban J connectivity index is 0.00000196. The molecule has 1 saturated heterocycles. The predicted octanol–water partition coefficient (Wildman–Crippen LogP) is 3.59. The van der Waals surface area contributed by atoms with Gasteiger partial charge in [0, 0.05) is 24.0 Å². The number of hydrogen-bond donors (Lipinski definition) is 2.